The van der Waals surface area contributed by atoms with Gasteiger partial charge in [-0.1, -0.05) is 83.0 Å². The molecule has 3 rings (SSSR count). The van der Waals surface area contributed by atoms with Gasteiger partial charge in [-0.25, -0.2) is 4.79 Å². The number of likely N-dealkylation sites (tertiary alicyclic amines) is 1. The number of aliphatic hydroxyl groups is 1. The molecule has 0 aromatic heterocycles. The number of amides is 10. The number of aliphatic hydroxyl groups excluding tert-OH is 1. The Labute approximate surface area is 451 Å². The Balaban J connectivity index is 1.92. The largest absolute Gasteiger partial charge is 0.508 e. The molecule has 0 spiro atoms. The van der Waals surface area contributed by atoms with E-state index in [9.17, 15) is 68.1 Å². The van der Waals surface area contributed by atoms with Crippen LogP contribution in [0.2, 0.25) is 0 Å². The summed E-state index contributed by atoms with van der Waals surface area (Å²) in [5, 5.41) is 47.4. The minimum Gasteiger partial charge on any atom is -0.508 e. The topological polar surface area (TPSA) is 414 Å². The summed E-state index contributed by atoms with van der Waals surface area (Å²) in [5.74, 6) is -11.2. The van der Waals surface area contributed by atoms with Gasteiger partial charge in [0.05, 0.1) is 25.5 Å². The van der Waals surface area contributed by atoms with Gasteiger partial charge < -0.3 is 74.6 Å². The Bertz CT molecular complexity index is 2380. The Hall–Kier alpha value is -7.32. The van der Waals surface area contributed by atoms with Gasteiger partial charge in [0.2, 0.25) is 59.1 Å². The molecule has 10 amide bonds. The molecule has 1 aliphatic heterocycles. The lowest BCUT2D eigenvalue weighted by Crippen LogP contribution is -2.62. The molecule has 0 unspecified atom stereocenters. The van der Waals surface area contributed by atoms with Crippen molar-refractivity contribution in [1.82, 2.24) is 42.1 Å². The summed E-state index contributed by atoms with van der Waals surface area (Å²) in [7, 11) is 0. The van der Waals surface area contributed by atoms with Gasteiger partial charge in [0, 0.05) is 19.4 Å². The maximum absolute atomic E-state index is 14.5. The quantitative estimate of drug-likeness (QED) is 0.0362. The molecule has 1 aliphatic rings. The second-order valence-electron chi connectivity index (χ2n) is 19.0. The Kier molecular flexibility index (Phi) is 26.3. The number of hydrogen-bond donors (Lipinski definition) is 13. The molecule has 25 nitrogen and oxygen atoms in total. The fraction of sp³-hybridized carbons (Fsp3) is 0.549. The number of nitrogens with one attached hydrogen (secondary N) is 7. The fourth-order valence-electron chi connectivity index (χ4n) is 8.29. The van der Waals surface area contributed by atoms with E-state index >= 15 is 0 Å². The van der Waals surface area contributed by atoms with Gasteiger partial charge in [0.25, 0.3) is 0 Å². The lowest BCUT2D eigenvalue weighted by atomic mass is 9.96. The molecule has 0 bridgehead atoms. The van der Waals surface area contributed by atoms with Gasteiger partial charge in [-0.05, 0) is 66.4 Å². The van der Waals surface area contributed by atoms with Crippen molar-refractivity contribution >= 4 is 76.8 Å². The second kappa shape index (κ2) is 31.7. The predicted octanol–water partition coefficient (Wildman–Crippen LogP) is -2.44. The molecule has 0 saturated carbocycles. The van der Waals surface area contributed by atoms with Crippen molar-refractivity contribution in [3.63, 3.8) is 0 Å². The number of aromatic hydroxyl groups is 1. The SMILES string of the molecule is CC[C@H](C)[C@H](NC(=O)[C@H](CO)NC(=O)[C@H](Cc1ccc(O)cc1)NC(=O)[C@H](CC(N)=O)NC(=O)[C@@H](NC(=O)[C@H](Cc1ccccc1)NC(=O)[C@@H]1CCCN1C(=O)[C@H](CCSC)NC(=O)[C@@H](N)CC(N)=O)[C@@H](C)CC)C(=O)O. The first kappa shape index (κ1) is 64.0. The number of phenols is 1. The summed E-state index contributed by atoms with van der Waals surface area (Å²) in [6, 6.07) is 1.29. The van der Waals surface area contributed by atoms with Crippen molar-refractivity contribution in [1.29, 1.82) is 0 Å². The van der Waals surface area contributed by atoms with Gasteiger partial charge >= 0.3 is 5.97 Å². The number of thioether (sulfide) groups is 1. The summed E-state index contributed by atoms with van der Waals surface area (Å²) in [4.78, 5) is 149. The third-order valence-electron chi connectivity index (χ3n) is 13.2. The molecular weight excluding hydrogens is 1020 g/mol. The number of primary amides is 2. The number of rotatable bonds is 32. The van der Waals surface area contributed by atoms with E-state index in [1.165, 1.54) is 40.9 Å². The van der Waals surface area contributed by atoms with Crippen molar-refractivity contribution in [2.75, 3.05) is 25.2 Å². The first-order valence-electron chi connectivity index (χ1n) is 25.3. The van der Waals surface area contributed by atoms with Crippen molar-refractivity contribution in [2.45, 2.75) is 140 Å². The molecule has 1 saturated heterocycles. The number of carbonyl (C=O) groups is 11. The zero-order chi connectivity index (χ0) is 57.5. The molecule has 1 fully saturated rings. The van der Waals surface area contributed by atoms with Gasteiger partial charge in [0.1, 0.15) is 54.1 Å². The lowest BCUT2D eigenvalue weighted by molar-refractivity contribution is -0.144. The minimum atomic E-state index is -1.78. The fourth-order valence-corrected chi connectivity index (χ4v) is 8.76. The van der Waals surface area contributed by atoms with Gasteiger partial charge in [-0.3, -0.25) is 47.9 Å². The normalized spacial score (nSPS) is 17.0. The maximum Gasteiger partial charge on any atom is 0.326 e. The van der Waals surface area contributed by atoms with Crippen LogP contribution in [-0.2, 0) is 65.6 Å². The van der Waals surface area contributed by atoms with E-state index in [1.54, 1.807) is 64.3 Å². The minimum absolute atomic E-state index is 0.0912. The van der Waals surface area contributed by atoms with Crippen molar-refractivity contribution in [2.24, 2.45) is 29.0 Å². The predicted molar refractivity (Wildman–Crippen MR) is 282 cm³/mol. The van der Waals surface area contributed by atoms with E-state index in [1.807, 2.05) is 0 Å². The highest BCUT2D eigenvalue weighted by Gasteiger charge is 2.41. The van der Waals surface area contributed by atoms with Crippen LogP contribution in [0.5, 0.6) is 5.75 Å². The third-order valence-corrected chi connectivity index (χ3v) is 13.8. The zero-order valence-electron chi connectivity index (χ0n) is 44.0. The van der Waals surface area contributed by atoms with Crippen LogP contribution in [-0.4, -0.2) is 165 Å². The molecule has 0 aliphatic carbocycles. The van der Waals surface area contributed by atoms with E-state index in [-0.39, 0.29) is 44.4 Å². The van der Waals surface area contributed by atoms with Gasteiger partial charge in [-0.15, -0.1) is 0 Å². The van der Waals surface area contributed by atoms with Crippen LogP contribution in [0.4, 0.5) is 0 Å². The van der Waals surface area contributed by atoms with E-state index in [4.69, 9.17) is 17.2 Å². The molecule has 424 valence electrons. The van der Waals surface area contributed by atoms with Crippen molar-refractivity contribution < 1.29 is 68.1 Å². The summed E-state index contributed by atoms with van der Waals surface area (Å²) < 4.78 is 0. The average Bonchev–Trinajstić information content (AvgIpc) is 3.89. The smallest absolute Gasteiger partial charge is 0.326 e. The van der Waals surface area contributed by atoms with Crippen molar-refractivity contribution in [3.8, 4) is 5.75 Å². The first-order valence-corrected chi connectivity index (χ1v) is 26.7. The number of phenolic OH excluding ortho intramolecular Hbond substituents is 1. The number of benzene rings is 2. The number of carbonyl (C=O) groups excluding carboxylic acids is 10. The standard InChI is InChI=1S/C51H75N11O14S/c1-6-27(3)41(60-46(70)35(22-29-12-9-8-10-13-29)57-48(72)38-14-11-20-62(38)50(74)33(19-21-77-5)55-43(67)32(52)24-39(53)65)49(73)58-36(25-40(54)66)45(69)56-34(23-30-15-17-31(64)18-16-30)44(68)59-37(26-63)47(71)61-42(51(75)76)28(4)7-2/h8-10,12-13,15-18,27-28,32-38,41-42,63-64H,6-7,11,14,19-26,52H2,1-5H3,(H2,53,65)(H2,54,66)(H,55,67)(H,56,69)(H,57,72)(H,58,73)(H,59,68)(H,60,70)(H,61,71)(H,75,76)/t27-,28-,32-,33-,34-,35-,36-,37-,38-,41-,42-/m0/s1. The molecule has 2 aromatic rings. The zero-order valence-corrected chi connectivity index (χ0v) is 44.8. The van der Waals surface area contributed by atoms with E-state index < -0.39 is 151 Å². The Morgan fingerprint density at radius 3 is 1.69 bits per heavy atom. The number of carboxylic acids is 1. The van der Waals surface area contributed by atoms with Crippen LogP contribution in [0.1, 0.15) is 83.8 Å². The van der Waals surface area contributed by atoms with Gasteiger partial charge in [0.15, 0.2) is 0 Å². The highest BCUT2D eigenvalue weighted by atomic mass is 32.2. The van der Waals surface area contributed by atoms with Crippen LogP contribution in [0.15, 0.2) is 54.6 Å². The van der Waals surface area contributed by atoms with E-state index in [0.717, 1.165) is 0 Å². The number of carboxylic acid groups (broad SMARTS) is 1. The summed E-state index contributed by atoms with van der Waals surface area (Å²) in [6.45, 7) is 5.79. The Morgan fingerprint density at radius 1 is 0.636 bits per heavy atom. The molecule has 77 heavy (non-hydrogen) atoms. The van der Waals surface area contributed by atoms with Crippen LogP contribution in [0.25, 0.3) is 0 Å². The summed E-state index contributed by atoms with van der Waals surface area (Å²) in [6.07, 6.45) is 1.53. The van der Waals surface area contributed by atoms with Gasteiger partial charge in [-0.2, -0.15) is 11.8 Å². The highest BCUT2D eigenvalue weighted by molar-refractivity contribution is 7.98. The van der Waals surface area contributed by atoms with E-state index in [0.29, 0.717) is 29.7 Å². The monoisotopic (exact) mass is 1100 g/mol. The van der Waals surface area contributed by atoms with Crippen LogP contribution in [0, 0.1) is 11.8 Å². The summed E-state index contributed by atoms with van der Waals surface area (Å²) >= 11 is 1.41. The third kappa shape index (κ3) is 20.3. The van der Waals surface area contributed by atoms with Crippen molar-refractivity contribution in [3.05, 3.63) is 65.7 Å². The molecule has 26 heteroatoms. The highest BCUT2D eigenvalue weighted by Crippen LogP contribution is 2.21. The first-order chi connectivity index (χ1) is 36.4. The number of aliphatic carboxylic acids is 1. The van der Waals surface area contributed by atoms with Crippen LogP contribution < -0.4 is 54.4 Å². The molecule has 0 radical (unpaired) electrons. The number of hydrogen-bond acceptors (Lipinski definition) is 15. The second-order valence-corrected chi connectivity index (χ2v) is 20.0. The molecule has 1 heterocycles. The molecule has 11 atom stereocenters. The average molecular weight is 1100 g/mol. The molecule has 16 N–H and O–H groups in total. The van der Waals surface area contributed by atoms with E-state index in [2.05, 4.69) is 37.2 Å². The van der Waals surface area contributed by atoms with Crippen LogP contribution >= 0.6 is 11.8 Å². The molecule has 2 aromatic carbocycles. The molecular formula is C51H75N11O14S. The lowest BCUT2D eigenvalue weighted by Gasteiger charge is -2.31. The van der Waals surface area contributed by atoms with Crippen LogP contribution in [0.3, 0.4) is 0 Å². The Morgan fingerprint density at radius 2 is 1.13 bits per heavy atom. The number of nitrogens with zero attached hydrogens (tertiary/aromatic N) is 1. The maximum atomic E-state index is 14.5. The number of nitrogens with two attached hydrogens (primary N) is 3. The summed E-state index contributed by atoms with van der Waals surface area (Å²) in [5.41, 5.74) is 17.6.